The molecule has 2 aromatic rings. The zero-order chi connectivity index (χ0) is 13.7. The van der Waals surface area contributed by atoms with Crippen molar-refractivity contribution in [2.24, 2.45) is 0 Å². The lowest BCUT2D eigenvalue weighted by molar-refractivity contribution is 0.476. The van der Waals surface area contributed by atoms with E-state index in [2.05, 4.69) is 24.1 Å². The number of nitrogens with zero attached hydrogens (tertiary/aromatic N) is 1. The molecule has 0 aliphatic rings. The van der Waals surface area contributed by atoms with Crippen LogP contribution in [0.2, 0.25) is 0 Å². The van der Waals surface area contributed by atoms with Crippen molar-refractivity contribution in [2.75, 3.05) is 6.54 Å². The minimum absolute atomic E-state index is 0.213. The van der Waals surface area contributed by atoms with E-state index in [1.165, 1.54) is 12.1 Å². The molecule has 0 spiro atoms. The van der Waals surface area contributed by atoms with Crippen molar-refractivity contribution < 1.29 is 9.13 Å². The van der Waals surface area contributed by atoms with Gasteiger partial charge in [0.1, 0.15) is 17.3 Å². The molecule has 0 aliphatic heterocycles. The molecule has 1 unspecified atom stereocenters. The van der Waals surface area contributed by atoms with E-state index in [1.807, 2.05) is 12.1 Å². The highest BCUT2D eigenvalue weighted by atomic mass is 19.1. The van der Waals surface area contributed by atoms with Crippen LogP contribution in [0.1, 0.15) is 25.6 Å². The van der Waals surface area contributed by atoms with E-state index in [0.717, 1.165) is 12.2 Å². The summed E-state index contributed by atoms with van der Waals surface area (Å²) in [6.07, 6.45) is 1.67. The summed E-state index contributed by atoms with van der Waals surface area (Å²) in [7, 11) is 0. The summed E-state index contributed by atoms with van der Waals surface area (Å²) in [6.45, 7) is 5.02. The molecule has 0 amide bonds. The Kier molecular flexibility index (Phi) is 4.47. The summed E-state index contributed by atoms with van der Waals surface area (Å²) in [5, 5.41) is 3.29. The van der Waals surface area contributed by atoms with Gasteiger partial charge in [0.05, 0.1) is 11.9 Å². The van der Waals surface area contributed by atoms with E-state index in [4.69, 9.17) is 4.74 Å². The molecule has 0 saturated carbocycles. The third kappa shape index (κ3) is 3.76. The average Bonchev–Trinajstić information content (AvgIpc) is 2.42. The molecule has 1 heterocycles. The lowest BCUT2D eigenvalue weighted by Crippen LogP contribution is -2.18. The second kappa shape index (κ2) is 6.29. The minimum Gasteiger partial charge on any atom is -0.456 e. The molecule has 2 rings (SSSR count). The maximum Gasteiger partial charge on any atom is 0.145 e. The van der Waals surface area contributed by atoms with E-state index in [-0.39, 0.29) is 11.9 Å². The van der Waals surface area contributed by atoms with Crippen LogP contribution in [0.4, 0.5) is 4.39 Å². The van der Waals surface area contributed by atoms with Gasteiger partial charge in [-0.3, -0.25) is 4.98 Å². The van der Waals surface area contributed by atoms with Crippen LogP contribution in [-0.4, -0.2) is 11.5 Å². The quantitative estimate of drug-likeness (QED) is 0.890. The molecule has 3 nitrogen and oxygen atoms in total. The average molecular weight is 260 g/mol. The maximum absolute atomic E-state index is 12.8. The van der Waals surface area contributed by atoms with Crippen molar-refractivity contribution in [3.8, 4) is 11.5 Å². The lowest BCUT2D eigenvalue weighted by Gasteiger charge is -2.12. The first kappa shape index (κ1) is 13.5. The van der Waals surface area contributed by atoms with Crippen LogP contribution >= 0.6 is 0 Å². The number of aromatic nitrogens is 1. The fourth-order valence-corrected chi connectivity index (χ4v) is 1.76. The number of hydrogen-bond donors (Lipinski definition) is 1. The van der Waals surface area contributed by atoms with E-state index < -0.39 is 0 Å². The smallest absolute Gasteiger partial charge is 0.145 e. The summed E-state index contributed by atoms with van der Waals surface area (Å²) >= 11 is 0. The second-order valence-electron chi connectivity index (χ2n) is 4.25. The second-order valence-corrected chi connectivity index (χ2v) is 4.25. The Morgan fingerprint density at radius 2 is 1.84 bits per heavy atom. The van der Waals surface area contributed by atoms with E-state index >= 15 is 0 Å². The van der Waals surface area contributed by atoms with Crippen LogP contribution < -0.4 is 10.1 Å². The van der Waals surface area contributed by atoms with Crippen LogP contribution in [0.5, 0.6) is 11.5 Å². The zero-order valence-corrected chi connectivity index (χ0v) is 11.1. The largest absolute Gasteiger partial charge is 0.456 e. The fourth-order valence-electron chi connectivity index (χ4n) is 1.76. The van der Waals surface area contributed by atoms with Crippen molar-refractivity contribution >= 4 is 0 Å². The van der Waals surface area contributed by atoms with Crippen LogP contribution in [0.3, 0.4) is 0 Å². The van der Waals surface area contributed by atoms with Crippen molar-refractivity contribution in [3.63, 3.8) is 0 Å². The number of hydrogen-bond acceptors (Lipinski definition) is 3. The van der Waals surface area contributed by atoms with E-state index in [9.17, 15) is 4.39 Å². The molecular weight excluding hydrogens is 243 g/mol. The molecule has 1 aromatic carbocycles. The standard InChI is InChI=1S/C15H17FN2O/c1-3-17-11(2)15-9-8-14(10-18-15)19-13-6-4-12(16)5-7-13/h4-11,17H,3H2,1-2H3. The summed E-state index contributed by atoms with van der Waals surface area (Å²) in [5.74, 6) is 0.954. The normalized spacial score (nSPS) is 12.2. The van der Waals surface area contributed by atoms with Gasteiger partial charge < -0.3 is 10.1 Å². The predicted octanol–water partition coefficient (Wildman–Crippen LogP) is 3.68. The van der Waals surface area contributed by atoms with Gasteiger partial charge in [-0.1, -0.05) is 6.92 Å². The Morgan fingerprint density at radius 1 is 1.16 bits per heavy atom. The first-order chi connectivity index (χ1) is 9.19. The van der Waals surface area contributed by atoms with Crippen LogP contribution in [0.15, 0.2) is 42.6 Å². The number of nitrogens with one attached hydrogen (secondary N) is 1. The molecule has 1 aromatic heterocycles. The fraction of sp³-hybridized carbons (Fsp3) is 0.267. The van der Waals surface area contributed by atoms with Crippen LogP contribution in [-0.2, 0) is 0 Å². The summed E-state index contributed by atoms with van der Waals surface area (Å²) in [5.41, 5.74) is 0.966. The van der Waals surface area contributed by atoms with Crippen molar-refractivity contribution in [1.29, 1.82) is 0 Å². The van der Waals surface area contributed by atoms with Gasteiger partial charge in [-0.25, -0.2) is 4.39 Å². The number of benzene rings is 1. The Bertz CT molecular complexity index is 511. The molecular formula is C15H17FN2O. The van der Waals surface area contributed by atoms with Gasteiger partial charge in [0.2, 0.25) is 0 Å². The number of rotatable bonds is 5. The maximum atomic E-state index is 12.8. The SMILES string of the molecule is CCNC(C)c1ccc(Oc2ccc(F)cc2)cn1. The first-order valence-electron chi connectivity index (χ1n) is 6.32. The third-order valence-electron chi connectivity index (χ3n) is 2.76. The Labute approximate surface area is 112 Å². The van der Waals surface area contributed by atoms with Crippen LogP contribution in [0, 0.1) is 5.82 Å². The van der Waals surface area contributed by atoms with Gasteiger partial charge in [0.25, 0.3) is 0 Å². The van der Waals surface area contributed by atoms with Gasteiger partial charge >= 0.3 is 0 Å². The molecule has 0 bridgehead atoms. The molecule has 100 valence electrons. The predicted molar refractivity (Wildman–Crippen MR) is 72.8 cm³/mol. The van der Waals surface area contributed by atoms with Gasteiger partial charge in [-0.2, -0.15) is 0 Å². The molecule has 0 fully saturated rings. The summed E-state index contributed by atoms with van der Waals surface area (Å²) in [4.78, 5) is 4.35. The Morgan fingerprint density at radius 3 is 2.42 bits per heavy atom. The highest BCUT2D eigenvalue weighted by Gasteiger charge is 2.05. The highest BCUT2D eigenvalue weighted by molar-refractivity contribution is 5.30. The number of pyridine rings is 1. The molecule has 19 heavy (non-hydrogen) atoms. The highest BCUT2D eigenvalue weighted by Crippen LogP contribution is 2.21. The molecule has 1 N–H and O–H groups in total. The summed E-state index contributed by atoms with van der Waals surface area (Å²) in [6, 6.07) is 9.90. The molecule has 1 atom stereocenters. The number of ether oxygens (including phenoxy) is 1. The number of halogens is 1. The molecule has 4 heteroatoms. The molecule has 0 radical (unpaired) electrons. The van der Waals surface area contributed by atoms with E-state index in [1.54, 1.807) is 18.3 Å². The topological polar surface area (TPSA) is 34.1 Å². The van der Waals surface area contributed by atoms with Crippen LogP contribution in [0.25, 0.3) is 0 Å². The lowest BCUT2D eigenvalue weighted by atomic mass is 10.2. The first-order valence-corrected chi connectivity index (χ1v) is 6.32. The minimum atomic E-state index is -0.278. The van der Waals surface area contributed by atoms with Gasteiger partial charge in [0, 0.05) is 6.04 Å². The Hall–Kier alpha value is -1.94. The van der Waals surface area contributed by atoms with Crippen molar-refractivity contribution in [1.82, 2.24) is 10.3 Å². The van der Waals surface area contributed by atoms with E-state index in [0.29, 0.717) is 11.5 Å². The van der Waals surface area contributed by atoms with Crippen molar-refractivity contribution in [3.05, 3.63) is 54.1 Å². The van der Waals surface area contributed by atoms with Crippen molar-refractivity contribution in [2.45, 2.75) is 19.9 Å². The molecule has 0 saturated heterocycles. The van der Waals surface area contributed by atoms with Gasteiger partial charge in [0.15, 0.2) is 0 Å². The monoisotopic (exact) mass is 260 g/mol. The van der Waals surface area contributed by atoms with Gasteiger partial charge in [-0.15, -0.1) is 0 Å². The Balaban J connectivity index is 2.04. The van der Waals surface area contributed by atoms with Gasteiger partial charge in [-0.05, 0) is 49.9 Å². The zero-order valence-electron chi connectivity index (χ0n) is 11.1. The summed E-state index contributed by atoms with van der Waals surface area (Å²) < 4.78 is 18.3. The molecule has 0 aliphatic carbocycles. The third-order valence-corrected chi connectivity index (χ3v) is 2.76.